The molecule has 1 aromatic carbocycles. The van der Waals surface area contributed by atoms with Crippen molar-refractivity contribution >= 4 is 5.71 Å². The summed E-state index contributed by atoms with van der Waals surface area (Å²) in [4.78, 5) is 4.85. The molecule has 1 aliphatic heterocycles. The summed E-state index contributed by atoms with van der Waals surface area (Å²) in [6.07, 6.45) is 7.46. The van der Waals surface area contributed by atoms with Gasteiger partial charge in [-0.1, -0.05) is 79.9 Å². The van der Waals surface area contributed by atoms with Crippen molar-refractivity contribution in [2.24, 2.45) is 4.99 Å². The van der Waals surface area contributed by atoms with Crippen LogP contribution in [0.3, 0.4) is 0 Å². The number of benzene rings is 1. The third-order valence-corrected chi connectivity index (χ3v) is 5.56. The largest absolute Gasteiger partial charge is 0.507 e. The number of aromatic hydroxyl groups is 1. The zero-order valence-electron chi connectivity index (χ0n) is 18.1. The molecule has 0 amide bonds. The summed E-state index contributed by atoms with van der Waals surface area (Å²) in [5, 5.41) is 10.9. The second-order valence-electron chi connectivity index (χ2n) is 10.1. The van der Waals surface area contributed by atoms with Crippen LogP contribution in [0.2, 0.25) is 0 Å². The molecule has 1 heterocycles. The number of rotatable bonds is 6. The van der Waals surface area contributed by atoms with Gasteiger partial charge in [0.05, 0.1) is 0 Å². The molecule has 0 aromatic heterocycles. The van der Waals surface area contributed by atoms with Crippen molar-refractivity contribution in [1.29, 1.82) is 0 Å². The first-order chi connectivity index (χ1) is 12.0. The predicted octanol–water partition coefficient (Wildman–Crippen LogP) is 6.89. The van der Waals surface area contributed by atoms with E-state index in [0.29, 0.717) is 11.7 Å². The monoisotopic (exact) mass is 357 g/mol. The summed E-state index contributed by atoms with van der Waals surface area (Å²) < 4.78 is 0. The lowest BCUT2D eigenvalue weighted by molar-refractivity contribution is 0.422. The van der Waals surface area contributed by atoms with Crippen molar-refractivity contribution in [2.45, 2.75) is 104 Å². The summed E-state index contributed by atoms with van der Waals surface area (Å²) in [6.45, 7) is 16.3. The Morgan fingerprint density at radius 2 is 1.54 bits per heavy atom. The average Bonchev–Trinajstić information content (AvgIpc) is 2.98. The van der Waals surface area contributed by atoms with Crippen LogP contribution in [0.15, 0.2) is 17.1 Å². The molecular formula is C24H39NO. The van der Waals surface area contributed by atoms with E-state index in [4.69, 9.17) is 4.99 Å². The van der Waals surface area contributed by atoms with Gasteiger partial charge in [0, 0.05) is 18.2 Å². The van der Waals surface area contributed by atoms with Crippen molar-refractivity contribution < 1.29 is 5.11 Å². The van der Waals surface area contributed by atoms with E-state index in [1.54, 1.807) is 0 Å². The number of phenols is 1. The first kappa shape index (κ1) is 21.0. The van der Waals surface area contributed by atoms with Crippen molar-refractivity contribution in [2.75, 3.05) is 6.54 Å². The van der Waals surface area contributed by atoms with Crippen LogP contribution in [-0.4, -0.2) is 17.4 Å². The molecule has 1 unspecified atom stereocenters. The molecule has 0 spiro atoms. The van der Waals surface area contributed by atoms with Gasteiger partial charge < -0.3 is 5.11 Å². The molecule has 146 valence electrons. The van der Waals surface area contributed by atoms with E-state index in [1.165, 1.54) is 37.0 Å². The predicted molar refractivity (Wildman–Crippen MR) is 114 cm³/mol. The van der Waals surface area contributed by atoms with Crippen LogP contribution in [0.5, 0.6) is 5.75 Å². The fourth-order valence-corrected chi connectivity index (χ4v) is 3.85. The Kier molecular flexibility index (Phi) is 6.58. The topological polar surface area (TPSA) is 32.6 Å². The highest BCUT2D eigenvalue weighted by Crippen LogP contribution is 2.42. The maximum absolute atomic E-state index is 10.9. The maximum Gasteiger partial charge on any atom is 0.123 e. The van der Waals surface area contributed by atoms with E-state index in [-0.39, 0.29) is 10.8 Å². The normalized spacial score (nSPS) is 18.3. The minimum absolute atomic E-state index is 0.0669. The van der Waals surface area contributed by atoms with E-state index < -0.39 is 0 Å². The van der Waals surface area contributed by atoms with Gasteiger partial charge in [0.1, 0.15) is 5.75 Å². The highest BCUT2D eigenvalue weighted by Gasteiger charge is 2.29. The Morgan fingerprint density at radius 1 is 0.962 bits per heavy atom. The minimum Gasteiger partial charge on any atom is -0.507 e. The fraction of sp³-hybridized carbons (Fsp3) is 0.708. The molecule has 0 saturated heterocycles. The smallest absolute Gasteiger partial charge is 0.123 e. The highest BCUT2D eigenvalue weighted by atomic mass is 16.3. The molecule has 1 aromatic rings. The summed E-state index contributed by atoms with van der Waals surface area (Å²) in [5.74, 6) is 0.950. The Bertz CT molecular complexity index is 608. The number of phenolic OH excluding ortho intramolecular Hbond substituents is 1. The molecule has 0 fully saturated rings. The highest BCUT2D eigenvalue weighted by molar-refractivity contribution is 5.87. The zero-order chi connectivity index (χ0) is 19.5. The van der Waals surface area contributed by atoms with Crippen LogP contribution >= 0.6 is 0 Å². The summed E-state index contributed by atoms with van der Waals surface area (Å²) in [6, 6.07) is 4.48. The van der Waals surface area contributed by atoms with Crippen molar-refractivity contribution in [3.63, 3.8) is 0 Å². The van der Waals surface area contributed by atoms with Crippen LogP contribution in [0.4, 0.5) is 0 Å². The number of hydrogen-bond acceptors (Lipinski definition) is 2. The lowest BCUT2D eigenvalue weighted by atomic mass is 9.76. The second-order valence-corrected chi connectivity index (χ2v) is 10.1. The summed E-state index contributed by atoms with van der Waals surface area (Å²) in [5.41, 5.74) is 4.75. The Labute approximate surface area is 161 Å². The Balaban J connectivity index is 2.23. The Hall–Kier alpha value is -1.31. The van der Waals surface area contributed by atoms with Gasteiger partial charge in [-0.2, -0.15) is 0 Å². The van der Waals surface area contributed by atoms with Crippen molar-refractivity contribution in [3.05, 3.63) is 28.8 Å². The van der Waals surface area contributed by atoms with E-state index in [1.807, 2.05) is 0 Å². The van der Waals surface area contributed by atoms with Gasteiger partial charge in [0.15, 0.2) is 0 Å². The molecule has 0 aliphatic carbocycles. The maximum atomic E-state index is 10.9. The molecule has 0 bridgehead atoms. The van der Waals surface area contributed by atoms with E-state index in [9.17, 15) is 5.11 Å². The van der Waals surface area contributed by atoms with Crippen LogP contribution in [0, 0.1) is 0 Å². The zero-order valence-corrected chi connectivity index (χ0v) is 18.1. The lowest BCUT2D eigenvalue weighted by Crippen LogP contribution is -2.18. The molecule has 26 heavy (non-hydrogen) atoms. The molecule has 2 nitrogen and oxygen atoms in total. The summed E-state index contributed by atoms with van der Waals surface area (Å²) >= 11 is 0. The number of unbranched alkanes of at least 4 members (excludes halogenated alkanes) is 3. The minimum atomic E-state index is -0.0669. The summed E-state index contributed by atoms with van der Waals surface area (Å²) in [7, 11) is 0. The van der Waals surface area contributed by atoms with Gasteiger partial charge in [0.2, 0.25) is 0 Å². The van der Waals surface area contributed by atoms with Gasteiger partial charge in [-0.25, -0.2) is 0 Å². The van der Waals surface area contributed by atoms with Crippen LogP contribution in [0.1, 0.15) is 110 Å². The first-order valence-corrected chi connectivity index (χ1v) is 10.4. The van der Waals surface area contributed by atoms with E-state index >= 15 is 0 Å². The lowest BCUT2D eigenvalue weighted by Gasteiger charge is -2.29. The number of aliphatic imine (C=N–C) groups is 1. The number of hydrogen-bond donors (Lipinski definition) is 1. The standard InChI is InChI=1S/C24H39NO/c1-8-9-10-11-12-19-13-18(16-25-19)17-14-20(23(2,3)4)22(26)21(15-17)24(5,6)7/h14-15,18,26H,8-13,16H2,1-7H3. The molecule has 1 atom stereocenters. The average molecular weight is 358 g/mol. The molecule has 0 saturated carbocycles. The van der Waals surface area contributed by atoms with E-state index in [0.717, 1.165) is 30.5 Å². The van der Waals surface area contributed by atoms with Crippen molar-refractivity contribution in [1.82, 2.24) is 0 Å². The van der Waals surface area contributed by atoms with E-state index in [2.05, 4.69) is 60.6 Å². The number of nitrogens with zero attached hydrogens (tertiary/aromatic N) is 1. The quantitative estimate of drug-likeness (QED) is 0.553. The van der Waals surface area contributed by atoms with Gasteiger partial charge in [0.25, 0.3) is 0 Å². The molecule has 2 heteroatoms. The Morgan fingerprint density at radius 3 is 2.04 bits per heavy atom. The molecule has 1 aliphatic rings. The third-order valence-electron chi connectivity index (χ3n) is 5.56. The fourth-order valence-electron chi connectivity index (χ4n) is 3.85. The van der Waals surface area contributed by atoms with Gasteiger partial charge in [-0.3, -0.25) is 4.99 Å². The molecule has 1 N–H and O–H groups in total. The second kappa shape index (κ2) is 8.15. The van der Waals surface area contributed by atoms with Gasteiger partial charge in [-0.15, -0.1) is 0 Å². The molecule has 2 rings (SSSR count). The third kappa shape index (κ3) is 5.11. The molecular weight excluding hydrogens is 318 g/mol. The van der Waals surface area contributed by atoms with Gasteiger partial charge in [-0.05, 0) is 46.8 Å². The first-order valence-electron chi connectivity index (χ1n) is 10.4. The van der Waals surface area contributed by atoms with Crippen LogP contribution < -0.4 is 0 Å². The van der Waals surface area contributed by atoms with Crippen LogP contribution in [0.25, 0.3) is 0 Å². The van der Waals surface area contributed by atoms with Gasteiger partial charge >= 0.3 is 0 Å². The van der Waals surface area contributed by atoms with Crippen molar-refractivity contribution in [3.8, 4) is 5.75 Å². The SMILES string of the molecule is CCCCCCC1=NCC(c2cc(C(C)(C)C)c(O)c(C(C)(C)C)c2)C1. The molecule has 0 radical (unpaired) electrons. The van der Waals surface area contributed by atoms with Crippen LogP contribution in [-0.2, 0) is 10.8 Å².